The zero-order chi connectivity index (χ0) is 47.2. The molecular formula is C40H80NO19P3. The highest BCUT2D eigenvalue weighted by atomic mass is 31.2. The second kappa shape index (κ2) is 34.4. The largest absolute Gasteiger partial charge is 0.472 e. The Hall–Kier alpha value is -0.890. The lowest BCUT2D eigenvalue weighted by Crippen LogP contribution is -2.65. The molecule has 374 valence electrons. The van der Waals surface area contributed by atoms with Gasteiger partial charge in [-0.15, -0.1) is 0 Å². The summed E-state index contributed by atoms with van der Waals surface area (Å²) >= 11 is 0. The van der Waals surface area contributed by atoms with E-state index in [4.69, 9.17) is 24.3 Å². The predicted octanol–water partition coefficient (Wildman–Crippen LogP) is 6.51. The lowest BCUT2D eigenvalue weighted by molar-refractivity contribution is -0.213. The van der Waals surface area contributed by atoms with Crippen LogP contribution in [0.5, 0.6) is 0 Å². The van der Waals surface area contributed by atoms with Gasteiger partial charge in [-0.05, 0) is 25.8 Å². The van der Waals surface area contributed by atoms with Gasteiger partial charge in [0.05, 0.1) is 6.61 Å². The van der Waals surface area contributed by atoms with Crippen LogP contribution in [0, 0.1) is 0 Å². The van der Waals surface area contributed by atoms with Gasteiger partial charge in [-0.3, -0.25) is 27.7 Å². The van der Waals surface area contributed by atoms with Crippen LogP contribution in [-0.4, -0.2) is 114 Å². The average Bonchev–Trinajstić information content (AvgIpc) is 3.20. The maximum Gasteiger partial charge on any atom is 0.472 e. The number of hydrogen-bond donors (Lipinski definition) is 9. The number of aliphatic hydroxyl groups is 3. The Bertz CT molecular complexity index is 1350. The number of hydrogen-bond acceptors (Lipinski definition) is 15. The molecule has 0 saturated heterocycles. The fourth-order valence-corrected chi connectivity index (χ4v) is 9.40. The van der Waals surface area contributed by atoms with E-state index in [-0.39, 0.29) is 12.8 Å². The van der Waals surface area contributed by atoms with Gasteiger partial charge in [0.2, 0.25) is 0 Å². The van der Waals surface area contributed by atoms with Gasteiger partial charge in [-0.1, -0.05) is 148 Å². The molecule has 1 rings (SSSR count). The molecule has 0 spiro atoms. The molecule has 0 aromatic heterocycles. The lowest BCUT2D eigenvalue weighted by Gasteiger charge is -2.44. The summed E-state index contributed by atoms with van der Waals surface area (Å²) in [5.41, 5.74) is 5.53. The monoisotopic (exact) mass is 971 g/mol. The zero-order valence-corrected chi connectivity index (χ0v) is 39.9. The van der Waals surface area contributed by atoms with Gasteiger partial charge in [0.25, 0.3) is 0 Å². The van der Waals surface area contributed by atoms with Crippen molar-refractivity contribution in [2.24, 2.45) is 5.73 Å². The van der Waals surface area contributed by atoms with Crippen molar-refractivity contribution in [2.75, 3.05) is 19.8 Å². The highest BCUT2D eigenvalue weighted by molar-refractivity contribution is 7.47. The minimum absolute atomic E-state index is 0.00143. The molecule has 0 amide bonds. The summed E-state index contributed by atoms with van der Waals surface area (Å²) in [6, 6.07) is 0. The van der Waals surface area contributed by atoms with Crippen molar-refractivity contribution in [2.45, 2.75) is 223 Å². The molecule has 1 saturated carbocycles. The lowest BCUT2D eigenvalue weighted by atomic mass is 9.85. The van der Waals surface area contributed by atoms with Crippen LogP contribution < -0.4 is 5.73 Å². The fraction of sp³-hybridized carbons (Fsp3) is 0.950. The van der Waals surface area contributed by atoms with E-state index in [1.165, 1.54) is 77.0 Å². The van der Waals surface area contributed by atoms with Crippen molar-refractivity contribution >= 4 is 35.4 Å². The van der Waals surface area contributed by atoms with Crippen molar-refractivity contribution in [1.29, 1.82) is 0 Å². The predicted molar refractivity (Wildman–Crippen MR) is 233 cm³/mol. The topological polar surface area (TPSA) is 329 Å². The molecule has 0 aliphatic heterocycles. The van der Waals surface area contributed by atoms with Crippen LogP contribution in [-0.2, 0) is 50.9 Å². The highest BCUT2D eigenvalue weighted by Gasteiger charge is 2.56. The summed E-state index contributed by atoms with van der Waals surface area (Å²) in [6.45, 7) is 1.46. The third kappa shape index (κ3) is 30.9. The van der Waals surface area contributed by atoms with Crippen molar-refractivity contribution < 1.29 is 90.6 Å². The molecule has 4 unspecified atom stereocenters. The molecule has 1 fully saturated rings. The number of ether oxygens (including phenoxy) is 2. The number of nitrogens with two attached hydrogens (primary N) is 1. The Morgan fingerprint density at radius 1 is 0.492 bits per heavy atom. The first-order chi connectivity index (χ1) is 29.8. The van der Waals surface area contributed by atoms with Crippen LogP contribution in [0.3, 0.4) is 0 Å². The fourth-order valence-electron chi connectivity index (χ4n) is 7.30. The molecular weight excluding hydrogens is 891 g/mol. The third-order valence-corrected chi connectivity index (χ3v) is 12.8. The number of unbranched alkanes of at least 4 members (excludes halogenated alkanes) is 23. The van der Waals surface area contributed by atoms with Crippen LogP contribution in [0.4, 0.5) is 0 Å². The second-order valence-corrected chi connectivity index (χ2v) is 20.3. The van der Waals surface area contributed by atoms with E-state index in [1.807, 2.05) is 0 Å². The van der Waals surface area contributed by atoms with E-state index in [0.29, 0.717) is 12.8 Å². The minimum Gasteiger partial charge on any atom is -0.462 e. The molecule has 1 aliphatic rings. The van der Waals surface area contributed by atoms with E-state index in [0.717, 1.165) is 77.2 Å². The van der Waals surface area contributed by atoms with Crippen LogP contribution in [0.25, 0.3) is 0 Å². The molecule has 1 aliphatic carbocycles. The number of phosphoric ester groups is 3. The Labute approximate surface area is 373 Å². The van der Waals surface area contributed by atoms with Gasteiger partial charge in [0.15, 0.2) is 6.10 Å². The third-order valence-electron chi connectivity index (χ3n) is 10.8. The zero-order valence-electron chi connectivity index (χ0n) is 37.2. The Balaban J connectivity index is 2.74. The summed E-state index contributed by atoms with van der Waals surface area (Å²) in [4.78, 5) is 73.0. The number of carbonyl (C=O) groups excluding carboxylic acids is 2. The van der Waals surface area contributed by atoms with Gasteiger partial charge in [0, 0.05) is 12.8 Å². The summed E-state index contributed by atoms with van der Waals surface area (Å²) in [5.74, 6) is -1.30. The van der Waals surface area contributed by atoms with E-state index in [1.54, 1.807) is 0 Å². The molecule has 0 aromatic rings. The summed E-state index contributed by atoms with van der Waals surface area (Å²) in [7, 11) is -16.6. The number of phosphoric acid groups is 3. The Morgan fingerprint density at radius 2 is 0.857 bits per heavy atom. The summed E-state index contributed by atoms with van der Waals surface area (Å²) < 4.78 is 65.4. The molecule has 63 heavy (non-hydrogen) atoms. The summed E-state index contributed by atoms with van der Waals surface area (Å²) in [6.07, 6.45) is 10.8. The van der Waals surface area contributed by atoms with Crippen LogP contribution in [0.2, 0.25) is 0 Å². The van der Waals surface area contributed by atoms with Crippen molar-refractivity contribution in [3.05, 3.63) is 0 Å². The molecule has 0 bridgehead atoms. The van der Waals surface area contributed by atoms with Gasteiger partial charge in [-0.25, -0.2) is 13.7 Å². The normalized spacial score (nSPS) is 22.1. The maximum absolute atomic E-state index is 13.1. The molecule has 20 nitrogen and oxygen atoms in total. The Kier molecular flexibility index (Phi) is 32.8. The number of aliphatic hydroxyl groups excluding tert-OH is 3. The SMILES string of the molecule is CCCCCCCCCCCCCCCC(=O)O[C@H](COC(=O)CCCCCCCCCCCCCCN)COP(=O)(O)OC1C(O)[C@@H](O)C(OP(=O)(O)O)[C@@H](OP(=O)(O)O)[C@H]1O. The Morgan fingerprint density at radius 3 is 1.27 bits per heavy atom. The molecule has 23 heteroatoms. The van der Waals surface area contributed by atoms with Gasteiger partial charge >= 0.3 is 35.4 Å². The molecule has 10 N–H and O–H groups in total. The van der Waals surface area contributed by atoms with Gasteiger partial charge < -0.3 is 55.0 Å². The first kappa shape index (κ1) is 60.1. The number of carbonyl (C=O) groups is 2. The first-order valence-corrected chi connectivity index (χ1v) is 27.6. The van der Waals surface area contributed by atoms with Crippen LogP contribution >= 0.6 is 23.5 Å². The molecule has 8 atom stereocenters. The standard InChI is InChI=1S/C40H80NO19P3/c1-2-3-4-5-6-7-8-9-13-16-19-22-25-28-34(43)57-32(30-55-33(42)27-24-21-18-15-12-10-11-14-17-20-23-26-29-41)31-56-63(53,54)60-38-35(44)36(45)39(58-61(47,48)49)40(37(38)46)59-62(50,51)52/h32,35-40,44-46H,2-31,41H2,1H3,(H,53,54)(H2,47,48,49)(H2,50,51,52)/t32-,35?,36-,37+,38?,39?,40+/m1/s1. The van der Waals surface area contributed by atoms with Crippen molar-refractivity contribution in [3.8, 4) is 0 Å². The van der Waals surface area contributed by atoms with E-state index in [2.05, 4.69) is 16.0 Å². The maximum atomic E-state index is 13.1. The number of rotatable bonds is 40. The smallest absolute Gasteiger partial charge is 0.462 e. The van der Waals surface area contributed by atoms with Crippen molar-refractivity contribution in [3.63, 3.8) is 0 Å². The van der Waals surface area contributed by atoms with Crippen LogP contribution in [0.15, 0.2) is 0 Å². The van der Waals surface area contributed by atoms with E-state index < -0.39 is 91.3 Å². The highest BCUT2D eigenvalue weighted by Crippen LogP contribution is 2.51. The molecule has 0 heterocycles. The van der Waals surface area contributed by atoms with Gasteiger partial charge in [-0.2, -0.15) is 0 Å². The van der Waals surface area contributed by atoms with Crippen LogP contribution in [0.1, 0.15) is 180 Å². The average molecular weight is 972 g/mol. The van der Waals surface area contributed by atoms with Crippen molar-refractivity contribution in [1.82, 2.24) is 0 Å². The van der Waals surface area contributed by atoms with E-state index in [9.17, 15) is 63.1 Å². The molecule has 0 radical (unpaired) electrons. The minimum atomic E-state index is -5.60. The molecule has 0 aromatic carbocycles. The number of esters is 2. The van der Waals surface area contributed by atoms with E-state index >= 15 is 0 Å². The quantitative estimate of drug-likeness (QED) is 0.0179. The first-order valence-electron chi connectivity index (χ1n) is 23.0. The second-order valence-electron chi connectivity index (χ2n) is 16.5. The summed E-state index contributed by atoms with van der Waals surface area (Å²) in [5, 5.41) is 31.8. The van der Waals surface area contributed by atoms with Gasteiger partial charge in [0.1, 0.15) is 43.2 Å².